The molecule has 0 aliphatic carbocycles. The highest BCUT2D eigenvalue weighted by Crippen LogP contribution is 1.95. The molecular formula is C14H29N3O2. The molecule has 112 valence electrons. The van der Waals surface area contributed by atoms with Crippen LogP contribution in [0, 0.1) is 5.92 Å². The lowest BCUT2D eigenvalue weighted by molar-refractivity contribution is -0.132. The van der Waals surface area contributed by atoms with Crippen LogP contribution in [-0.2, 0) is 9.59 Å². The molecule has 0 bridgehead atoms. The number of carbonyl (C=O) groups excluding carboxylic acids is 2. The van der Waals surface area contributed by atoms with E-state index in [9.17, 15) is 9.59 Å². The molecule has 2 amide bonds. The van der Waals surface area contributed by atoms with Crippen molar-refractivity contribution in [2.75, 3.05) is 26.2 Å². The average Bonchev–Trinajstić information content (AvgIpc) is 2.37. The summed E-state index contributed by atoms with van der Waals surface area (Å²) < 4.78 is 0. The molecule has 5 nitrogen and oxygen atoms in total. The normalized spacial score (nSPS) is 12.3. The molecule has 2 N–H and O–H groups in total. The van der Waals surface area contributed by atoms with Crippen molar-refractivity contribution in [1.29, 1.82) is 0 Å². The highest BCUT2D eigenvalue weighted by Gasteiger charge is 2.17. The number of likely N-dealkylation sites (N-methyl/N-ethyl adjacent to an activating group) is 1. The summed E-state index contributed by atoms with van der Waals surface area (Å²) in [5, 5.41) is 5.95. The molecule has 0 aromatic heterocycles. The maximum absolute atomic E-state index is 12.0. The Kier molecular flexibility index (Phi) is 9.21. The van der Waals surface area contributed by atoms with Crippen molar-refractivity contribution < 1.29 is 9.59 Å². The molecule has 0 fully saturated rings. The lowest BCUT2D eigenvalue weighted by Gasteiger charge is -2.23. The van der Waals surface area contributed by atoms with Crippen LogP contribution in [0.4, 0.5) is 0 Å². The number of hydrogen-bond donors (Lipinski definition) is 2. The molecule has 0 spiro atoms. The number of carbonyl (C=O) groups is 2. The Bertz CT molecular complexity index is 276. The zero-order valence-electron chi connectivity index (χ0n) is 13.0. The molecule has 0 aliphatic heterocycles. The first-order chi connectivity index (χ1) is 8.92. The smallest absolute Gasteiger partial charge is 0.239 e. The van der Waals surface area contributed by atoms with Crippen molar-refractivity contribution >= 4 is 11.8 Å². The molecule has 0 aliphatic rings. The Morgan fingerprint density at radius 2 is 1.68 bits per heavy atom. The van der Waals surface area contributed by atoms with E-state index in [1.54, 1.807) is 4.90 Å². The summed E-state index contributed by atoms with van der Waals surface area (Å²) in [5.74, 6) is 0.580. The summed E-state index contributed by atoms with van der Waals surface area (Å²) in [6.07, 6.45) is 0.405. The van der Waals surface area contributed by atoms with Crippen LogP contribution in [0.25, 0.3) is 0 Å². The van der Waals surface area contributed by atoms with Crippen molar-refractivity contribution in [3.8, 4) is 0 Å². The number of amides is 2. The van der Waals surface area contributed by atoms with Gasteiger partial charge in [-0.25, -0.2) is 0 Å². The summed E-state index contributed by atoms with van der Waals surface area (Å²) in [6, 6.07) is -0.238. The maximum Gasteiger partial charge on any atom is 0.239 e. The van der Waals surface area contributed by atoms with Gasteiger partial charge in [0.05, 0.1) is 6.04 Å². The van der Waals surface area contributed by atoms with E-state index in [2.05, 4.69) is 24.5 Å². The van der Waals surface area contributed by atoms with Crippen molar-refractivity contribution in [2.45, 2.75) is 47.1 Å². The summed E-state index contributed by atoms with van der Waals surface area (Å²) in [5.41, 5.74) is 0. The van der Waals surface area contributed by atoms with Gasteiger partial charge in [-0.15, -0.1) is 0 Å². The fraction of sp³-hybridized carbons (Fsp3) is 0.857. The van der Waals surface area contributed by atoms with Crippen LogP contribution < -0.4 is 10.6 Å². The first kappa shape index (κ1) is 17.9. The number of nitrogens with one attached hydrogen (secondary N) is 2. The van der Waals surface area contributed by atoms with Crippen molar-refractivity contribution in [1.82, 2.24) is 15.5 Å². The Labute approximate surface area is 117 Å². The van der Waals surface area contributed by atoms with Gasteiger partial charge in [-0.3, -0.25) is 9.59 Å². The fourth-order valence-electron chi connectivity index (χ4n) is 1.71. The first-order valence-electron chi connectivity index (χ1n) is 7.21. The minimum atomic E-state index is -0.238. The van der Waals surface area contributed by atoms with E-state index in [1.807, 2.05) is 20.8 Å². The SMILES string of the molecule is CCN(CC)C(=O)C(C)NCCC(=O)NCC(C)C. The van der Waals surface area contributed by atoms with Gasteiger partial charge in [-0.2, -0.15) is 0 Å². The van der Waals surface area contributed by atoms with Gasteiger partial charge in [0.2, 0.25) is 11.8 Å². The number of nitrogens with zero attached hydrogens (tertiary/aromatic N) is 1. The molecule has 1 atom stereocenters. The summed E-state index contributed by atoms with van der Waals surface area (Å²) >= 11 is 0. The van der Waals surface area contributed by atoms with Crippen LogP contribution in [0.3, 0.4) is 0 Å². The highest BCUT2D eigenvalue weighted by atomic mass is 16.2. The molecule has 0 aromatic rings. The molecule has 0 radical (unpaired) electrons. The highest BCUT2D eigenvalue weighted by molar-refractivity contribution is 5.81. The summed E-state index contributed by atoms with van der Waals surface area (Å²) in [7, 11) is 0. The van der Waals surface area contributed by atoms with Crippen LogP contribution >= 0.6 is 0 Å². The molecule has 0 saturated heterocycles. The third-order valence-corrected chi connectivity index (χ3v) is 2.96. The van der Waals surface area contributed by atoms with Gasteiger partial charge >= 0.3 is 0 Å². The van der Waals surface area contributed by atoms with Crippen LogP contribution in [0.1, 0.15) is 41.0 Å². The van der Waals surface area contributed by atoms with E-state index >= 15 is 0 Å². The third-order valence-electron chi connectivity index (χ3n) is 2.96. The largest absolute Gasteiger partial charge is 0.356 e. The van der Waals surface area contributed by atoms with Crippen molar-refractivity contribution in [3.05, 3.63) is 0 Å². The molecule has 0 aromatic carbocycles. The van der Waals surface area contributed by atoms with Crippen LogP contribution in [0.2, 0.25) is 0 Å². The summed E-state index contributed by atoms with van der Waals surface area (Å²) in [4.78, 5) is 25.2. The molecule has 0 rings (SSSR count). The van der Waals surface area contributed by atoms with Gasteiger partial charge < -0.3 is 15.5 Å². The van der Waals surface area contributed by atoms with Gasteiger partial charge in [0.15, 0.2) is 0 Å². The zero-order chi connectivity index (χ0) is 14.8. The standard InChI is InChI=1S/C14H29N3O2/c1-6-17(7-2)14(19)12(5)15-9-8-13(18)16-10-11(3)4/h11-12,15H,6-10H2,1-5H3,(H,16,18). The van der Waals surface area contributed by atoms with E-state index in [1.165, 1.54) is 0 Å². The van der Waals surface area contributed by atoms with E-state index in [4.69, 9.17) is 0 Å². The second-order valence-electron chi connectivity index (χ2n) is 5.13. The van der Waals surface area contributed by atoms with Crippen LogP contribution in [-0.4, -0.2) is 48.9 Å². The average molecular weight is 271 g/mol. The van der Waals surface area contributed by atoms with Gasteiger partial charge in [-0.1, -0.05) is 13.8 Å². The molecule has 1 unspecified atom stereocenters. The van der Waals surface area contributed by atoms with E-state index in [0.717, 1.165) is 13.1 Å². The molecule has 0 saturated carbocycles. The lowest BCUT2D eigenvalue weighted by atomic mass is 10.2. The molecular weight excluding hydrogens is 242 g/mol. The van der Waals surface area contributed by atoms with E-state index in [-0.39, 0.29) is 17.9 Å². The Morgan fingerprint density at radius 3 is 2.16 bits per heavy atom. The Balaban J connectivity index is 3.87. The zero-order valence-corrected chi connectivity index (χ0v) is 13.0. The molecule has 0 heterocycles. The van der Waals surface area contributed by atoms with E-state index in [0.29, 0.717) is 25.4 Å². The molecule has 5 heteroatoms. The number of rotatable bonds is 9. The topological polar surface area (TPSA) is 61.4 Å². The lowest BCUT2D eigenvalue weighted by Crippen LogP contribution is -2.45. The Hall–Kier alpha value is -1.10. The predicted octanol–water partition coefficient (Wildman–Crippen LogP) is 0.995. The first-order valence-corrected chi connectivity index (χ1v) is 7.21. The van der Waals surface area contributed by atoms with Gasteiger partial charge in [0.1, 0.15) is 0 Å². The quantitative estimate of drug-likeness (QED) is 0.657. The van der Waals surface area contributed by atoms with Gasteiger partial charge in [0.25, 0.3) is 0 Å². The van der Waals surface area contributed by atoms with Crippen molar-refractivity contribution in [2.24, 2.45) is 5.92 Å². The maximum atomic E-state index is 12.0. The molecule has 19 heavy (non-hydrogen) atoms. The predicted molar refractivity (Wildman–Crippen MR) is 77.9 cm³/mol. The van der Waals surface area contributed by atoms with Crippen LogP contribution in [0.5, 0.6) is 0 Å². The van der Waals surface area contributed by atoms with E-state index < -0.39 is 0 Å². The van der Waals surface area contributed by atoms with Gasteiger partial charge in [0, 0.05) is 32.6 Å². The van der Waals surface area contributed by atoms with Crippen molar-refractivity contribution in [3.63, 3.8) is 0 Å². The fourth-order valence-corrected chi connectivity index (χ4v) is 1.71. The summed E-state index contributed by atoms with van der Waals surface area (Å²) in [6.45, 7) is 12.6. The van der Waals surface area contributed by atoms with Gasteiger partial charge in [-0.05, 0) is 26.7 Å². The Morgan fingerprint density at radius 1 is 1.11 bits per heavy atom. The second-order valence-corrected chi connectivity index (χ2v) is 5.13. The third kappa shape index (κ3) is 7.82. The number of hydrogen-bond acceptors (Lipinski definition) is 3. The minimum absolute atomic E-state index is 0.0312. The minimum Gasteiger partial charge on any atom is -0.356 e. The monoisotopic (exact) mass is 271 g/mol. The van der Waals surface area contributed by atoms with Crippen LogP contribution in [0.15, 0.2) is 0 Å². The second kappa shape index (κ2) is 9.78.